The van der Waals surface area contributed by atoms with Gasteiger partial charge in [-0.3, -0.25) is 0 Å². The summed E-state index contributed by atoms with van der Waals surface area (Å²) >= 11 is 0. The lowest BCUT2D eigenvalue weighted by Gasteiger charge is -2.20. The first-order valence-corrected chi connectivity index (χ1v) is 20.5. The molecule has 4 rings (SSSR count). The van der Waals surface area contributed by atoms with E-state index >= 15 is 0 Å². The van der Waals surface area contributed by atoms with Crippen LogP contribution in [0.15, 0.2) is 36.7 Å². The number of halogens is 1. The molecule has 1 saturated heterocycles. The Hall–Kier alpha value is -2.75. The summed E-state index contributed by atoms with van der Waals surface area (Å²) in [6, 6.07) is 9.87. The average Bonchev–Trinajstić information content (AvgIpc) is 3.82. The number of ether oxygens (including phenoxy) is 3. The highest BCUT2D eigenvalue weighted by Crippen LogP contribution is 2.38. The van der Waals surface area contributed by atoms with Gasteiger partial charge < -0.3 is 33.9 Å². The lowest BCUT2D eigenvalue weighted by molar-refractivity contribution is -0.0493. The van der Waals surface area contributed by atoms with Gasteiger partial charge in [0.25, 0.3) is 0 Å². The molecule has 13 heteroatoms. The predicted octanol–water partition coefficient (Wildman–Crippen LogP) is 9.51. The van der Waals surface area contributed by atoms with Crippen LogP contribution in [0, 0.1) is 17.1 Å². The van der Waals surface area contributed by atoms with E-state index in [0.29, 0.717) is 18.0 Å². The van der Waals surface area contributed by atoms with Crippen molar-refractivity contribution in [2.45, 2.75) is 142 Å². The van der Waals surface area contributed by atoms with Crippen LogP contribution in [0.4, 0.5) is 10.2 Å². The normalized spacial score (nSPS) is 16.8. The summed E-state index contributed by atoms with van der Waals surface area (Å²) in [4.78, 5) is 14.6. The van der Waals surface area contributed by atoms with Crippen LogP contribution >= 0.6 is 8.60 Å². The van der Waals surface area contributed by atoms with Gasteiger partial charge in [-0.05, 0) is 55.2 Å². The highest BCUT2D eigenvalue weighted by atomic mass is 31.2. The molecule has 0 amide bonds. The summed E-state index contributed by atoms with van der Waals surface area (Å²) in [6.07, 6.45) is 18.7. The molecule has 4 unspecified atom stereocenters. The van der Waals surface area contributed by atoms with Crippen molar-refractivity contribution in [1.82, 2.24) is 14.6 Å². The molecule has 0 aliphatic carbocycles. The number of hydrogen-bond donors (Lipinski definition) is 2. The zero-order valence-electron chi connectivity index (χ0n) is 31.5. The van der Waals surface area contributed by atoms with E-state index in [2.05, 4.69) is 17.0 Å². The molecule has 11 nitrogen and oxygen atoms in total. The molecular weight excluding hydrogens is 684 g/mol. The van der Waals surface area contributed by atoms with Crippen LogP contribution in [0.3, 0.4) is 0 Å². The topological polar surface area (TPSA) is 146 Å². The summed E-state index contributed by atoms with van der Waals surface area (Å²) < 4.78 is 45.1. The summed E-state index contributed by atoms with van der Waals surface area (Å²) in [5.41, 5.74) is 8.33. The Labute approximate surface area is 311 Å². The zero-order valence-corrected chi connectivity index (χ0v) is 32.4. The van der Waals surface area contributed by atoms with Gasteiger partial charge in [0.05, 0.1) is 49.9 Å². The molecule has 290 valence electrons. The molecule has 3 N–H and O–H groups in total. The third-order valence-electron chi connectivity index (χ3n) is 8.96. The van der Waals surface area contributed by atoms with Gasteiger partial charge in [0.1, 0.15) is 29.9 Å². The molecule has 1 aliphatic rings. The van der Waals surface area contributed by atoms with Crippen molar-refractivity contribution in [3.05, 3.63) is 59.3 Å². The number of nitrogens with two attached hydrogens (primary N) is 1. The third-order valence-corrected chi connectivity index (χ3v) is 9.70. The van der Waals surface area contributed by atoms with E-state index < -0.39 is 20.5 Å². The smallest absolute Gasteiger partial charge is 0.330 e. The minimum atomic E-state index is -2.20. The van der Waals surface area contributed by atoms with Crippen LogP contribution in [0.25, 0.3) is 5.52 Å². The number of rotatable bonds is 26. The van der Waals surface area contributed by atoms with Crippen LogP contribution in [0.1, 0.15) is 140 Å². The Morgan fingerprint density at radius 1 is 0.981 bits per heavy atom. The van der Waals surface area contributed by atoms with Crippen LogP contribution in [0.5, 0.6) is 0 Å². The second-order valence-electron chi connectivity index (χ2n) is 13.1. The fourth-order valence-electron chi connectivity index (χ4n) is 6.19. The lowest BCUT2D eigenvalue weighted by atomic mass is 10.0. The largest absolute Gasteiger partial charge is 0.382 e. The maximum Gasteiger partial charge on any atom is 0.330 e. The molecule has 1 fully saturated rings. The predicted molar refractivity (Wildman–Crippen MR) is 203 cm³/mol. The molecular formula is C39H61FN5O6P. The first-order valence-electron chi connectivity index (χ1n) is 19.3. The highest BCUT2D eigenvalue weighted by Gasteiger charge is 2.30. The summed E-state index contributed by atoms with van der Waals surface area (Å²) in [6.45, 7) is 7.35. The van der Waals surface area contributed by atoms with E-state index in [1.54, 1.807) is 10.6 Å². The fraction of sp³-hybridized carbons (Fsp3) is 0.667. The molecule has 3 heterocycles. The van der Waals surface area contributed by atoms with E-state index in [4.69, 9.17) is 29.0 Å². The Morgan fingerprint density at radius 2 is 1.67 bits per heavy atom. The zero-order chi connectivity index (χ0) is 37.4. The third kappa shape index (κ3) is 16.1. The Kier molecular flexibility index (Phi) is 21.9. The first kappa shape index (κ1) is 43.7. The highest BCUT2D eigenvalue weighted by molar-refractivity contribution is 7.40. The number of anilines is 1. The monoisotopic (exact) mass is 745 g/mol. The first-order chi connectivity index (χ1) is 25.5. The number of nitriles is 1. The Bertz CT molecular complexity index is 1440. The molecule has 0 bridgehead atoms. The van der Waals surface area contributed by atoms with E-state index in [9.17, 15) is 14.5 Å². The maximum absolute atomic E-state index is 14.0. The number of nitrogen functional groups attached to an aromatic ring is 1. The second kappa shape index (κ2) is 26.1. The number of nitrogens with zero attached hydrogens (tertiary/aromatic N) is 4. The molecule has 52 heavy (non-hydrogen) atoms. The van der Waals surface area contributed by atoms with E-state index in [1.165, 1.54) is 89.1 Å². The molecule has 1 aromatic carbocycles. The number of aromatic nitrogens is 3. The van der Waals surface area contributed by atoms with Gasteiger partial charge in [0.15, 0.2) is 5.82 Å². The van der Waals surface area contributed by atoms with Crippen LogP contribution in [-0.4, -0.2) is 58.1 Å². The van der Waals surface area contributed by atoms with Crippen molar-refractivity contribution in [2.24, 2.45) is 0 Å². The van der Waals surface area contributed by atoms with E-state index in [0.717, 1.165) is 36.9 Å². The Balaban J connectivity index is 0.00000358. The van der Waals surface area contributed by atoms with Gasteiger partial charge in [-0.2, -0.15) is 10.4 Å². The summed E-state index contributed by atoms with van der Waals surface area (Å²) in [7, 11) is -2.20. The number of hydrogen-bond acceptors (Lipinski definition) is 10. The summed E-state index contributed by atoms with van der Waals surface area (Å²) in [5, 5.41) is 13.5. The summed E-state index contributed by atoms with van der Waals surface area (Å²) in [5.74, 6) is -0.0948. The van der Waals surface area contributed by atoms with Crippen molar-refractivity contribution >= 4 is 19.9 Å². The average molecular weight is 746 g/mol. The molecule has 2 aromatic heterocycles. The van der Waals surface area contributed by atoms with Crippen LogP contribution < -0.4 is 5.73 Å². The van der Waals surface area contributed by atoms with Crippen molar-refractivity contribution in [3.63, 3.8) is 0 Å². The fourth-order valence-corrected chi connectivity index (χ4v) is 6.85. The van der Waals surface area contributed by atoms with Crippen molar-refractivity contribution in [3.8, 4) is 6.07 Å². The second-order valence-corrected chi connectivity index (χ2v) is 14.1. The minimum absolute atomic E-state index is 0.0205. The SMILES string of the molecule is CC.CCCCCCCCCCCCCCCOCC(COP(O)OCC1CCC(c2ccc3c(N)ncnn23)O1)OCc1cc(F)cc(C#N)c1. The Morgan fingerprint density at radius 3 is 2.37 bits per heavy atom. The molecule has 0 radical (unpaired) electrons. The number of fused-ring (bicyclic) bond motifs is 1. The van der Waals surface area contributed by atoms with Crippen molar-refractivity contribution in [2.75, 3.05) is 32.2 Å². The minimum Gasteiger partial charge on any atom is -0.382 e. The molecule has 3 aromatic rings. The van der Waals surface area contributed by atoms with Gasteiger partial charge in [-0.1, -0.05) is 97.8 Å². The van der Waals surface area contributed by atoms with E-state index in [1.807, 2.05) is 32.0 Å². The van der Waals surface area contributed by atoms with E-state index in [-0.39, 0.29) is 44.2 Å². The van der Waals surface area contributed by atoms with Gasteiger partial charge in [-0.15, -0.1) is 0 Å². The quantitative estimate of drug-likeness (QED) is 0.0602. The van der Waals surface area contributed by atoms with Crippen LogP contribution in [-0.2, 0) is 29.9 Å². The van der Waals surface area contributed by atoms with Crippen molar-refractivity contribution < 1.29 is 32.5 Å². The molecule has 1 aliphatic heterocycles. The van der Waals surface area contributed by atoms with Gasteiger partial charge in [-0.25, -0.2) is 13.9 Å². The maximum atomic E-state index is 14.0. The number of unbranched alkanes of at least 4 members (excludes halogenated alkanes) is 12. The molecule has 4 atom stereocenters. The lowest BCUT2D eigenvalue weighted by Crippen LogP contribution is -2.25. The van der Waals surface area contributed by atoms with Gasteiger partial charge in [0, 0.05) is 6.61 Å². The molecule has 0 saturated carbocycles. The van der Waals surface area contributed by atoms with Gasteiger partial charge in [0.2, 0.25) is 0 Å². The molecule has 0 spiro atoms. The van der Waals surface area contributed by atoms with Gasteiger partial charge >= 0.3 is 8.60 Å². The van der Waals surface area contributed by atoms with Crippen molar-refractivity contribution in [1.29, 1.82) is 5.26 Å². The number of benzene rings is 1. The van der Waals surface area contributed by atoms with Crippen LogP contribution in [0.2, 0.25) is 0 Å². The standard InChI is InChI=1S/C37H55FN5O6P.C2H6/c1-2-3-4-5-6-7-8-9-10-11-12-13-14-19-45-25-33(46-24-30-20-29(23-39)21-31(38)22-30)27-48-50(44)47-26-32-15-18-36(49-32)34-16-17-35-37(40)41-28-42-43(34)35;1-2/h16-17,20-22,28,32-33,36,44H,2-15,18-19,24-27H2,1H3,(H2,40,41,42);1-2H3.